The van der Waals surface area contributed by atoms with Crippen LogP contribution >= 0.6 is 0 Å². The number of ether oxygens (including phenoxy) is 5. The van der Waals surface area contributed by atoms with Gasteiger partial charge in [-0.3, -0.25) is 0 Å². The molecule has 4 rings (SSSR count). The van der Waals surface area contributed by atoms with Crippen molar-refractivity contribution in [2.75, 3.05) is 27.4 Å². The van der Waals surface area contributed by atoms with E-state index in [0.717, 1.165) is 16.9 Å². The zero-order valence-electron chi connectivity index (χ0n) is 21.2. The molecule has 3 aromatic carbocycles. The van der Waals surface area contributed by atoms with Crippen molar-refractivity contribution < 1.29 is 38.3 Å². The van der Waals surface area contributed by atoms with Crippen LogP contribution in [0, 0.1) is 18.7 Å². The highest BCUT2D eigenvalue weighted by atomic mass is 19.1. The molecular weight excluding hydrogens is 479 g/mol. The predicted octanol–water partition coefficient (Wildman–Crippen LogP) is 4.32. The van der Waals surface area contributed by atoms with E-state index in [1.165, 1.54) is 12.1 Å². The highest BCUT2D eigenvalue weighted by molar-refractivity contribution is 5.28. The molecule has 0 radical (unpaired) electrons. The maximum atomic E-state index is 13.8. The third-order valence-electron chi connectivity index (χ3n) is 6.67. The fourth-order valence-electron chi connectivity index (χ4n) is 4.38. The average molecular weight is 513 g/mol. The van der Waals surface area contributed by atoms with E-state index in [-0.39, 0.29) is 32.2 Å². The third kappa shape index (κ3) is 6.47. The topological polar surface area (TPSA) is 86.6 Å². The van der Waals surface area contributed by atoms with E-state index in [2.05, 4.69) is 0 Å². The first-order valence-corrected chi connectivity index (χ1v) is 12.1. The molecule has 0 saturated carbocycles. The lowest BCUT2D eigenvalue weighted by atomic mass is 9.89. The number of aryl methyl sites for hydroxylation is 1. The second kappa shape index (κ2) is 12.0. The van der Waals surface area contributed by atoms with Crippen LogP contribution < -0.4 is 9.47 Å². The SMILES string of the molecule is COc1ccc(COCC2C(C(O)c3ccc(F)c(C)c3)OCC2(O)OCc2ccc(OC)cc2)cc1. The molecule has 4 unspecified atom stereocenters. The Morgan fingerprint density at radius 3 is 2.11 bits per heavy atom. The van der Waals surface area contributed by atoms with Crippen molar-refractivity contribution in [3.8, 4) is 11.5 Å². The Labute approximate surface area is 216 Å². The van der Waals surface area contributed by atoms with E-state index in [9.17, 15) is 14.6 Å². The summed E-state index contributed by atoms with van der Waals surface area (Å²) in [5.74, 6) is -1.33. The average Bonchev–Trinajstić information content (AvgIpc) is 3.25. The molecule has 0 spiro atoms. The van der Waals surface area contributed by atoms with Crippen LogP contribution in [0.5, 0.6) is 11.5 Å². The summed E-state index contributed by atoms with van der Waals surface area (Å²) in [5.41, 5.74) is 2.66. The molecule has 1 aliphatic rings. The Morgan fingerprint density at radius 1 is 0.946 bits per heavy atom. The summed E-state index contributed by atoms with van der Waals surface area (Å²) in [6, 6.07) is 19.2. The molecular formula is C29H33FO7. The highest BCUT2D eigenvalue weighted by Gasteiger charge is 2.52. The van der Waals surface area contributed by atoms with Gasteiger partial charge in [0.25, 0.3) is 0 Å². The fourth-order valence-corrected chi connectivity index (χ4v) is 4.38. The molecule has 0 aliphatic carbocycles. The number of halogens is 1. The maximum absolute atomic E-state index is 13.8. The molecule has 8 heteroatoms. The number of methoxy groups -OCH3 is 2. The quantitative estimate of drug-likeness (QED) is 0.370. The normalized spacial score (nSPS) is 22.1. The van der Waals surface area contributed by atoms with Gasteiger partial charge in [-0.05, 0) is 59.5 Å². The lowest BCUT2D eigenvalue weighted by molar-refractivity contribution is -0.238. The number of aliphatic hydroxyl groups excluding tert-OH is 1. The first kappa shape index (κ1) is 27.0. The lowest BCUT2D eigenvalue weighted by Crippen LogP contribution is -2.45. The van der Waals surface area contributed by atoms with Gasteiger partial charge >= 0.3 is 0 Å². The van der Waals surface area contributed by atoms with Gasteiger partial charge < -0.3 is 33.9 Å². The lowest BCUT2D eigenvalue weighted by Gasteiger charge is -2.32. The molecule has 1 saturated heterocycles. The highest BCUT2D eigenvalue weighted by Crippen LogP contribution is 2.40. The Bertz CT molecular complexity index is 1150. The van der Waals surface area contributed by atoms with Gasteiger partial charge in [-0.25, -0.2) is 4.39 Å². The Hall–Kier alpha value is -3.01. The molecule has 1 fully saturated rings. The molecule has 0 bridgehead atoms. The van der Waals surface area contributed by atoms with Gasteiger partial charge in [-0.2, -0.15) is 0 Å². The van der Waals surface area contributed by atoms with Crippen LogP contribution in [0.3, 0.4) is 0 Å². The molecule has 4 atom stereocenters. The Morgan fingerprint density at radius 2 is 1.54 bits per heavy atom. The standard InChI is InChI=1S/C29H33FO7/c1-19-14-22(8-13-26(19)30)27(31)28-25(17-35-15-20-4-9-23(33-2)10-5-20)29(32,18-36-28)37-16-21-6-11-24(34-3)12-7-21/h4-14,25,27-28,31-32H,15-18H2,1-3H3. The van der Waals surface area contributed by atoms with Crippen molar-refractivity contribution in [2.45, 2.75) is 38.1 Å². The zero-order valence-corrected chi connectivity index (χ0v) is 21.2. The number of rotatable bonds is 11. The van der Waals surface area contributed by atoms with Crippen LogP contribution in [0.25, 0.3) is 0 Å². The van der Waals surface area contributed by atoms with Crippen LogP contribution in [0.15, 0.2) is 66.7 Å². The van der Waals surface area contributed by atoms with Crippen molar-refractivity contribution in [3.05, 3.63) is 94.8 Å². The van der Waals surface area contributed by atoms with Crippen molar-refractivity contribution in [3.63, 3.8) is 0 Å². The maximum Gasteiger partial charge on any atom is 0.197 e. The van der Waals surface area contributed by atoms with Crippen molar-refractivity contribution in [2.24, 2.45) is 5.92 Å². The molecule has 0 aromatic heterocycles. The van der Waals surface area contributed by atoms with Gasteiger partial charge in [0.15, 0.2) is 5.79 Å². The Kier molecular flexibility index (Phi) is 8.79. The summed E-state index contributed by atoms with van der Waals surface area (Å²) in [6.07, 6.45) is -1.95. The summed E-state index contributed by atoms with van der Waals surface area (Å²) in [4.78, 5) is 0. The minimum Gasteiger partial charge on any atom is -0.497 e. The van der Waals surface area contributed by atoms with Crippen molar-refractivity contribution in [1.82, 2.24) is 0 Å². The second-order valence-corrected chi connectivity index (χ2v) is 9.18. The molecule has 198 valence electrons. The zero-order chi connectivity index (χ0) is 26.4. The van der Waals surface area contributed by atoms with Crippen molar-refractivity contribution in [1.29, 1.82) is 0 Å². The minimum absolute atomic E-state index is 0.0625. The smallest absolute Gasteiger partial charge is 0.197 e. The Balaban J connectivity index is 1.50. The van der Waals surface area contributed by atoms with Gasteiger partial charge in [-0.15, -0.1) is 0 Å². The summed E-state index contributed by atoms with van der Waals surface area (Å²) in [6.45, 7) is 1.95. The summed E-state index contributed by atoms with van der Waals surface area (Å²) < 4.78 is 42.0. The number of hydrogen-bond acceptors (Lipinski definition) is 7. The summed E-state index contributed by atoms with van der Waals surface area (Å²) >= 11 is 0. The van der Waals surface area contributed by atoms with Crippen LogP contribution in [-0.2, 0) is 27.4 Å². The van der Waals surface area contributed by atoms with Crippen LogP contribution in [0.4, 0.5) is 4.39 Å². The molecule has 1 heterocycles. The molecule has 2 N–H and O–H groups in total. The van der Waals surface area contributed by atoms with E-state index < -0.39 is 23.9 Å². The molecule has 1 aliphatic heterocycles. The summed E-state index contributed by atoms with van der Waals surface area (Å²) in [7, 11) is 3.20. The first-order chi connectivity index (χ1) is 17.8. The van der Waals surface area contributed by atoms with Gasteiger partial charge in [0, 0.05) is 0 Å². The predicted molar refractivity (Wildman–Crippen MR) is 135 cm³/mol. The van der Waals surface area contributed by atoms with Gasteiger partial charge in [-0.1, -0.05) is 36.4 Å². The molecule has 3 aromatic rings. The van der Waals surface area contributed by atoms with E-state index in [1.807, 2.05) is 48.5 Å². The van der Waals surface area contributed by atoms with Gasteiger partial charge in [0.2, 0.25) is 0 Å². The number of hydrogen-bond donors (Lipinski definition) is 2. The second-order valence-electron chi connectivity index (χ2n) is 9.18. The summed E-state index contributed by atoms with van der Waals surface area (Å²) in [5, 5.41) is 22.7. The molecule has 7 nitrogen and oxygen atoms in total. The first-order valence-electron chi connectivity index (χ1n) is 12.1. The fraction of sp³-hybridized carbons (Fsp3) is 0.379. The largest absolute Gasteiger partial charge is 0.497 e. The van der Waals surface area contributed by atoms with E-state index in [0.29, 0.717) is 16.9 Å². The van der Waals surface area contributed by atoms with Gasteiger partial charge in [0.1, 0.15) is 30.0 Å². The number of benzene rings is 3. The third-order valence-corrected chi connectivity index (χ3v) is 6.67. The number of aliphatic hydroxyl groups is 2. The van der Waals surface area contributed by atoms with Crippen molar-refractivity contribution >= 4 is 0 Å². The van der Waals surface area contributed by atoms with E-state index in [1.54, 1.807) is 27.2 Å². The van der Waals surface area contributed by atoms with Crippen LogP contribution in [0.1, 0.15) is 28.4 Å². The molecule has 0 amide bonds. The van der Waals surface area contributed by atoms with Crippen LogP contribution in [-0.4, -0.2) is 49.5 Å². The monoisotopic (exact) mass is 512 g/mol. The van der Waals surface area contributed by atoms with Crippen LogP contribution in [0.2, 0.25) is 0 Å². The minimum atomic E-state index is -1.71. The molecule has 37 heavy (non-hydrogen) atoms. The van der Waals surface area contributed by atoms with E-state index >= 15 is 0 Å². The van der Waals surface area contributed by atoms with E-state index in [4.69, 9.17) is 23.7 Å². The van der Waals surface area contributed by atoms with Gasteiger partial charge in [0.05, 0.1) is 46.1 Å².